The van der Waals surface area contributed by atoms with Crippen LogP contribution in [0.3, 0.4) is 0 Å². The van der Waals surface area contributed by atoms with Gasteiger partial charge in [-0.1, -0.05) is 13.8 Å². The van der Waals surface area contributed by atoms with Crippen molar-refractivity contribution in [1.82, 2.24) is 15.5 Å². The second kappa shape index (κ2) is 5.47. The molecule has 2 rings (SSSR count). The van der Waals surface area contributed by atoms with Crippen molar-refractivity contribution in [2.75, 3.05) is 7.05 Å². The van der Waals surface area contributed by atoms with Gasteiger partial charge in [0, 0.05) is 24.9 Å². The van der Waals surface area contributed by atoms with E-state index in [4.69, 9.17) is 0 Å². The third-order valence-electron chi connectivity index (χ3n) is 3.49. The van der Waals surface area contributed by atoms with Crippen LogP contribution in [0.4, 0.5) is 0 Å². The largest absolute Gasteiger partial charge is 0.355 e. The van der Waals surface area contributed by atoms with Gasteiger partial charge < -0.3 is 15.5 Å². The van der Waals surface area contributed by atoms with Crippen molar-refractivity contribution in [1.29, 1.82) is 0 Å². The highest BCUT2D eigenvalue weighted by molar-refractivity contribution is 5.94. The number of nitrogens with zero attached hydrogens (tertiary/aromatic N) is 2. The van der Waals surface area contributed by atoms with Gasteiger partial charge in [-0.25, -0.2) is 4.99 Å². The standard InChI is InChI=1S/C14H22N4O/c1-9(2)5-10(3)18(4)14(19)12-6-11-7-15-8-16-13(11)17-12/h6-10,13,17H,5H2,1-4H3,(H,15,16). The molecule has 0 bridgehead atoms. The summed E-state index contributed by atoms with van der Waals surface area (Å²) < 4.78 is 0. The van der Waals surface area contributed by atoms with Crippen LogP contribution in [0.2, 0.25) is 0 Å². The van der Waals surface area contributed by atoms with Gasteiger partial charge in [0.15, 0.2) is 0 Å². The SMILES string of the molecule is CC(C)CC(C)N(C)C(=O)C1=CC2=CNC=NC2N1. The molecule has 2 aliphatic rings. The maximum absolute atomic E-state index is 12.4. The molecule has 0 aromatic carbocycles. The van der Waals surface area contributed by atoms with Gasteiger partial charge in [-0.2, -0.15) is 0 Å². The van der Waals surface area contributed by atoms with Gasteiger partial charge in [-0.15, -0.1) is 0 Å². The van der Waals surface area contributed by atoms with Gasteiger partial charge in [-0.3, -0.25) is 4.79 Å². The number of rotatable bonds is 4. The zero-order chi connectivity index (χ0) is 14.0. The predicted octanol–water partition coefficient (Wildman–Crippen LogP) is 1.21. The maximum Gasteiger partial charge on any atom is 0.269 e. The molecule has 2 atom stereocenters. The summed E-state index contributed by atoms with van der Waals surface area (Å²) in [5, 5.41) is 6.08. The van der Waals surface area contributed by atoms with Crippen molar-refractivity contribution >= 4 is 12.2 Å². The quantitative estimate of drug-likeness (QED) is 0.800. The fourth-order valence-electron chi connectivity index (χ4n) is 2.37. The van der Waals surface area contributed by atoms with Crippen molar-refractivity contribution in [3.63, 3.8) is 0 Å². The molecule has 5 nitrogen and oxygen atoms in total. The van der Waals surface area contributed by atoms with E-state index in [1.807, 2.05) is 19.3 Å². The number of hydrogen-bond acceptors (Lipinski definition) is 4. The molecule has 5 heteroatoms. The van der Waals surface area contributed by atoms with Crippen LogP contribution in [0.15, 0.2) is 28.5 Å². The number of amides is 1. The highest BCUT2D eigenvalue weighted by Gasteiger charge is 2.28. The molecule has 0 spiro atoms. The average Bonchev–Trinajstić information content (AvgIpc) is 2.79. The van der Waals surface area contributed by atoms with Gasteiger partial charge in [0.05, 0.1) is 6.34 Å². The molecule has 0 aromatic heterocycles. The minimum Gasteiger partial charge on any atom is -0.355 e. The van der Waals surface area contributed by atoms with Gasteiger partial charge in [0.2, 0.25) is 0 Å². The zero-order valence-electron chi connectivity index (χ0n) is 12.0. The normalized spacial score (nSPS) is 22.1. The van der Waals surface area contributed by atoms with Crippen LogP contribution in [0.5, 0.6) is 0 Å². The van der Waals surface area contributed by atoms with Crippen molar-refractivity contribution in [2.45, 2.75) is 39.4 Å². The molecule has 0 saturated carbocycles. The lowest BCUT2D eigenvalue weighted by Gasteiger charge is -2.27. The molecule has 104 valence electrons. The van der Waals surface area contributed by atoms with Gasteiger partial charge in [0.25, 0.3) is 5.91 Å². The van der Waals surface area contributed by atoms with E-state index in [9.17, 15) is 4.79 Å². The maximum atomic E-state index is 12.4. The van der Waals surface area contributed by atoms with Crippen LogP contribution in [0.1, 0.15) is 27.2 Å². The average molecular weight is 262 g/mol. The Hall–Kier alpha value is -1.78. The van der Waals surface area contributed by atoms with Crippen LogP contribution in [0.25, 0.3) is 0 Å². The molecule has 0 fully saturated rings. The van der Waals surface area contributed by atoms with Gasteiger partial charge in [-0.05, 0) is 25.3 Å². The van der Waals surface area contributed by atoms with Crippen LogP contribution >= 0.6 is 0 Å². The Bertz CT molecular complexity index is 450. The number of carbonyl (C=O) groups excluding carboxylic acids is 1. The number of likely N-dealkylation sites (N-methyl/N-ethyl adjacent to an activating group) is 1. The Kier molecular flexibility index (Phi) is 3.93. The highest BCUT2D eigenvalue weighted by Crippen LogP contribution is 2.20. The first-order valence-corrected chi connectivity index (χ1v) is 6.72. The second-order valence-corrected chi connectivity index (χ2v) is 5.59. The van der Waals surface area contributed by atoms with Crippen LogP contribution in [-0.2, 0) is 4.79 Å². The number of hydrogen-bond donors (Lipinski definition) is 2. The van der Waals surface area contributed by atoms with Crippen LogP contribution < -0.4 is 10.6 Å². The summed E-state index contributed by atoms with van der Waals surface area (Å²) in [5.74, 6) is 0.605. The first kappa shape index (κ1) is 13.6. The zero-order valence-corrected chi connectivity index (χ0v) is 12.0. The van der Waals surface area contributed by atoms with E-state index in [1.54, 1.807) is 11.2 Å². The lowest BCUT2D eigenvalue weighted by Crippen LogP contribution is -2.40. The first-order chi connectivity index (χ1) is 8.99. The highest BCUT2D eigenvalue weighted by atomic mass is 16.2. The topological polar surface area (TPSA) is 56.7 Å². The van der Waals surface area contributed by atoms with E-state index in [-0.39, 0.29) is 18.1 Å². The molecule has 2 N–H and O–H groups in total. The molecular weight excluding hydrogens is 240 g/mol. The molecule has 0 aliphatic carbocycles. The third kappa shape index (κ3) is 2.97. The summed E-state index contributed by atoms with van der Waals surface area (Å²) in [5.41, 5.74) is 1.62. The minimum absolute atomic E-state index is 0.0265. The summed E-state index contributed by atoms with van der Waals surface area (Å²) in [7, 11) is 1.86. The molecule has 2 aliphatic heterocycles. The van der Waals surface area contributed by atoms with Gasteiger partial charge in [0.1, 0.15) is 11.9 Å². The third-order valence-corrected chi connectivity index (χ3v) is 3.49. The lowest BCUT2D eigenvalue weighted by atomic mass is 10.0. The van der Waals surface area contributed by atoms with Crippen LogP contribution in [-0.4, -0.2) is 36.4 Å². The molecule has 0 radical (unpaired) electrons. The Morgan fingerprint density at radius 2 is 2.21 bits per heavy atom. The van der Waals surface area contributed by atoms with E-state index >= 15 is 0 Å². The van der Waals surface area contributed by atoms with Gasteiger partial charge >= 0.3 is 0 Å². The predicted molar refractivity (Wildman–Crippen MR) is 76.4 cm³/mol. The summed E-state index contributed by atoms with van der Waals surface area (Å²) in [6.07, 6.45) is 6.25. The van der Waals surface area contributed by atoms with Crippen molar-refractivity contribution in [2.24, 2.45) is 10.9 Å². The summed E-state index contributed by atoms with van der Waals surface area (Å²) in [6.45, 7) is 6.42. The Labute approximate surface area is 114 Å². The lowest BCUT2D eigenvalue weighted by molar-refractivity contribution is -0.128. The molecule has 19 heavy (non-hydrogen) atoms. The molecule has 2 heterocycles. The Morgan fingerprint density at radius 3 is 2.84 bits per heavy atom. The van der Waals surface area contributed by atoms with E-state index in [1.165, 1.54) is 0 Å². The molecule has 0 saturated heterocycles. The second-order valence-electron chi connectivity index (χ2n) is 5.59. The Balaban J connectivity index is 2.02. The fourth-order valence-corrected chi connectivity index (χ4v) is 2.37. The van der Waals surface area contributed by atoms with Crippen LogP contribution in [0, 0.1) is 5.92 Å². The molecule has 2 unspecified atom stereocenters. The van der Waals surface area contributed by atoms with Crippen molar-refractivity contribution in [3.8, 4) is 0 Å². The first-order valence-electron chi connectivity index (χ1n) is 6.72. The molecular formula is C14H22N4O. The summed E-state index contributed by atoms with van der Waals surface area (Å²) in [6, 6.07) is 0.230. The number of carbonyl (C=O) groups is 1. The smallest absolute Gasteiger partial charge is 0.269 e. The van der Waals surface area contributed by atoms with E-state index in [0.717, 1.165) is 12.0 Å². The molecule has 1 amide bonds. The summed E-state index contributed by atoms with van der Waals surface area (Å²) in [4.78, 5) is 18.4. The Morgan fingerprint density at radius 1 is 1.47 bits per heavy atom. The number of fused-ring (bicyclic) bond motifs is 1. The molecule has 0 aromatic rings. The van der Waals surface area contributed by atoms with E-state index in [0.29, 0.717) is 11.6 Å². The van der Waals surface area contributed by atoms with Crippen molar-refractivity contribution < 1.29 is 4.79 Å². The fraction of sp³-hybridized carbons (Fsp3) is 0.571. The minimum atomic E-state index is -0.117. The summed E-state index contributed by atoms with van der Waals surface area (Å²) >= 11 is 0. The number of nitrogens with one attached hydrogen (secondary N) is 2. The monoisotopic (exact) mass is 262 g/mol. The van der Waals surface area contributed by atoms with Crippen molar-refractivity contribution in [3.05, 3.63) is 23.5 Å². The number of aliphatic imine (C=N–C) groups is 1. The van der Waals surface area contributed by atoms with E-state index < -0.39 is 0 Å². The van der Waals surface area contributed by atoms with E-state index in [2.05, 4.69) is 36.4 Å².